The maximum atomic E-state index is 12.1. The van der Waals surface area contributed by atoms with Crippen LogP contribution in [0.3, 0.4) is 0 Å². The monoisotopic (exact) mass is 401 g/mol. The van der Waals surface area contributed by atoms with Crippen molar-refractivity contribution in [1.29, 1.82) is 0 Å². The quantitative estimate of drug-likeness (QED) is 0.524. The molecule has 1 saturated carbocycles. The van der Waals surface area contributed by atoms with Crippen LogP contribution in [-0.4, -0.2) is 27.2 Å². The third-order valence-electron chi connectivity index (χ3n) is 5.40. The summed E-state index contributed by atoms with van der Waals surface area (Å²) in [4.78, 5) is 16.4. The van der Waals surface area contributed by atoms with Crippen molar-refractivity contribution < 1.29 is 9.32 Å². The Bertz CT molecular complexity index is 795. The number of carbonyl (C=O) groups is 1. The second kappa shape index (κ2) is 9.64. The lowest BCUT2D eigenvalue weighted by atomic mass is 9.78. The highest BCUT2D eigenvalue weighted by molar-refractivity contribution is 7.80. The van der Waals surface area contributed by atoms with E-state index in [0.29, 0.717) is 41.1 Å². The van der Waals surface area contributed by atoms with E-state index in [1.165, 1.54) is 12.8 Å². The number of thiocarbonyl (C=S) groups is 1. The van der Waals surface area contributed by atoms with E-state index >= 15 is 0 Å². The third-order valence-corrected chi connectivity index (χ3v) is 5.62. The van der Waals surface area contributed by atoms with Crippen molar-refractivity contribution in [3.63, 3.8) is 0 Å². The standard InChI is InChI=1S/C20H27N5O2S/c1-13-7-6-10-16(14(13)2)21-20(28)24-23-17(26)11-12-18-22-19(25-27-18)15-8-4-3-5-9-15/h3-5,8-9,13-14,16H,6-7,10-12H2,1-2H3,(H,23,26)(H2,21,24,28)/t13-,14+,16+/m0/s1. The van der Waals surface area contributed by atoms with E-state index in [1.54, 1.807) is 0 Å². The van der Waals surface area contributed by atoms with Crippen molar-refractivity contribution in [2.45, 2.75) is 52.0 Å². The molecule has 0 aliphatic heterocycles. The van der Waals surface area contributed by atoms with Crippen LogP contribution in [0, 0.1) is 11.8 Å². The first-order chi connectivity index (χ1) is 13.5. The van der Waals surface area contributed by atoms with Crippen molar-refractivity contribution in [3.8, 4) is 11.4 Å². The molecule has 2 aromatic rings. The van der Waals surface area contributed by atoms with Gasteiger partial charge in [0.25, 0.3) is 0 Å². The first-order valence-electron chi connectivity index (χ1n) is 9.76. The summed E-state index contributed by atoms with van der Waals surface area (Å²) in [5.41, 5.74) is 6.29. The Morgan fingerprint density at radius 1 is 1.21 bits per heavy atom. The van der Waals surface area contributed by atoms with E-state index in [4.69, 9.17) is 16.7 Å². The van der Waals surface area contributed by atoms with Crippen LogP contribution in [0.25, 0.3) is 11.4 Å². The Morgan fingerprint density at radius 2 is 2.00 bits per heavy atom. The maximum absolute atomic E-state index is 12.1. The van der Waals surface area contributed by atoms with E-state index in [-0.39, 0.29) is 12.3 Å². The lowest BCUT2D eigenvalue weighted by Gasteiger charge is -2.35. The first-order valence-corrected chi connectivity index (χ1v) is 10.2. The number of aromatic nitrogens is 2. The van der Waals surface area contributed by atoms with Gasteiger partial charge in [-0.05, 0) is 30.5 Å². The Hall–Kier alpha value is -2.48. The Labute approximate surface area is 170 Å². The molecule has 1 aliphatic carbocycles. The van der Waals surface area contributed by atoms with Gasteiger partial charge in [-0.1, -0.05) is 62.2 Å². The molecule has 3 atom stereocenters. The van der Waals surface area contributed by atoms with Gasteiger partial charge in [-0.25, -0.2) is 0 Å². The van der Waals surface area contributed by atoms with Crippen molar-refractivity contribution in [2.75, 3.05) is 0 Å². The molecule has 1 aliphatic rings. The van der Waals surface area contributed by atoms with Crippen LogP contribution in [0.2, 0.25) is 0 Å². The van der Waals surface area contributed by atoms with E-state index in [9.17, 15) is 4.79 Å². The van der Waals surface area contributed by atoms with Gasteiger partial charge < -0.3 is 9.84 Å². The zero-order valence-electron chi connectivity index (χ0n) is 16.3. The fraction of sp³-hybridized carbons (Fsp3) is 0.500. The number of aryl methyl sites for hydroxylation is 1. The molecular formula is C20H27N5O2S. The van der Waals surface area contributed by atoms with E-state index in [2.05, 4.69) is 40.2 Å². The van der Waals surface area contributed by atoms with Gasteiger partial charge in [-0.2, -0.15) is 4.98 Å². The molecule has 1 aromatic heterocycles. The first kappa shape index (κ1) is 20.3. The maximum Gasteiger partial charge on any atom is 0.238 e. The molecule has 0 bridgehead atoms. The minimum atomic E-state index is -0.186. The molecule has 3 N–H and O–H groups in total. The fourth-order valence-corrected chi connectivity index (χ4v) is 3.66. The second-order valence-electron chi connectivity index (χ2n) is 7.40. The van der Waals surface area contributed by atoms with Gasteiger partial charge in [0.15, 0.2) is 5.11 Å². The Balaban J connectivity index is 1.39. The molecule has 1 aromatic carbocycles. The topological polar surface area (TPSA) is 92.1 Å². The average Bonchev–Trinajstić information content (AvgIpc) is 3.18. The minimum absolute atomic E-state index is 0.186. The highest BCUT2D eigenvalue weighted by Gasteiger charge is 2.27. The lowest BCUT2D eigenvalue weighted by Crippen LogP contribution is -2.52. The summed E-state index contributed by atoms with van der Waals surface area (Å²) >= 11 is 5.30. The predicted octanol–water partition coefficient (Wildman–Crippen LogP) is 2.99. The van der Waals surface area contributed by atoms with Gasteiger partial charge in [0.2, 0.25) is 17.6 Å². The molecule has 0 saturated heterocycles. The molecule has 8 heteroatoms. The summed E-state index contributed by atoms with van der Waals surface area (Å²) in [6.45, 7) is 4.52. The van der Waals surface area contributed by atoms with Crippen LogP contribution < -0.4 is 16.2 Å². The smallest absolute Gasteiger partial charge is 0.238 e. The van der Waals surface area contributed by atoms with Gasteiger partial charge in [0, 0.05) is 24.4 Å². The highest BCUT2D eigenvalue weighted by Crippen LogP contribution is 2.29. The molecule has 7 nitrogen and oxygen atoms in total. The predicted molar refractivity (Wildman–Crippen MR) is 111 cm³/mol. The Kier molecular flexibility index (Phi) is 6.97. The largest absolute Gasteiger partial charge is 0.358 e. The zero-order chi connectivity index (χ0) is 19.9. The number of nitrogens with zero attached hydrogens (tertiary/aromatic N) is 2. The summed E-state index contributed by atoms with van der Waals surface area (Å²) in [6.07, 6.45) is 4.15. The average molecular weight is 402 g/mol. The van der Waals surface area contributed by atoms with E-state index in [0.717, 1.165) is 12.0 Å². The number of benzene rings is 1. The number of amides is 1. The molecule has 0 spiro atoms. The van der Waals surface area contributed by atoms with Crippen molar-refractivity contribution in [2.24, 2.45) is 11.8 Å². The molecule has 1 amide bonds. The molecule has 1 fully saturated rings. The van der Waals surface area contributed by atoms with Crippen LogP contribution in [0.1, 0.15) is 45.4 Å². The number of rotatable bonds is 5. The number of hydrazine groups is 1. The van der Waals surface area contributed by atoms with Gasteiger partial charge in [-0.3, -0.25) is 15.6 Å². The van der Waals surface area contributed by atoms with E-state index in [1.807, 2.05) is 30.3 Å². The van der Waals surface area contributed by atoms with Crippen molar-refractivity contribution >= 4 is 23.2 Å². The summed E-state index contributed by atoms with van der Waals surface area (Å²) < 4.78 is 5.22. The number of carbonyl (C=O) groups excluding carboxylic acids is 1. The summed E-state index contributed by atoms with van der Waals surface area (Å²) in [6, 6.07) is 9.92. The molecule has 1 heterocycles. The number of hydrogen-bond donors (Lipinski definition) is 3. The summed E-state index contributed by atoms with van der Waals surface area (Å²) in [7, 11) is 0. The zero-order valence-corrected chi connectivity index (χ0v) is 17.1. The van der Waals surface area contributed by atoms with Gasteiger partial charge >= 0.3 is 0 Å². The normalized spacial score (nSPS) is 21.7. The molecule has 28 heavy (non-hydrogen) atoms. The third kappa shape index (κ3) is 5.51. The van der Waals surface area contributed by atoms with Gasteiger partial charge in [0.05, 0.1) is 0 Å². The highest BCUT2D eigenvalue weighted by atomic mass is 32.1. The van der Waals surface area contributed by atoms with Crippen molar-refractivity contribution in [1.82, 2.24) is 26.3 Å². The molecule has 0 unspecified atom stereocenters. The summed E-state index contributed by atoms with van der Waals surface area (Å²) in [5.74, 6) is 2.00. The van der Waals surface area contributed by atoms with Crippen molar-refractivity contribution in [3.05, 3.63) is 36.2 Å². The number of nitrogens with one attached hydrogen (secondary N) is 3. The Morgan fingerprint density at radius 3 is 2.79 bits per heavy atom. The van der Waals surface area contributed by atoms with Crippen LogP contribution in [0.4, 0.5) is 0 Å². The fourth-order valence-electron chi connectivity index (χ4n) is 3.46. The lowest BCUT2D eigenvalue weighted by molar-refractivity contribution is -0.121. The van der Waals surface area contributed by atoms with Crippen LogP contribution in [0.5, 0.6) is 0 Å². The van der Waals surface area contributed by atoms with Crippen LogP contribution >= 0.6 is 12.2 Å². The molecular weight excluding hydrogens is 374 g/mol. The summed E-state index contributed by atoms with van der Waals surface area (Å²) in [5, 5.41) is 7.71. The molecule has 0 radical (unpaired) electrons. The van der Waals surface area contributed by atoms with Crippen LogP contribution in [0.15, 0.2) is 34.9 Å². The minimum Gasteiger partial charge on any atom is -0.358 e. The second-order valence-corrected chi connectivity index (χ2v) is 7.81. The van der Waals surface area contributed by atoms with Gasteiger partial charge in [-0.15, -0.1) is 0 Å². The van der Waals surface area contributed by atoms with Crippen LogP contribution in [-0.2, 0) is 11.2 Å². The molecule has 3 rings (SSSR count). The number of hydrogen-bond acceptors (Lipinski definition) is 5. The van der Waals surface area contributed by atoms with E-state index < -0.39 is 0 Å². The van der Waals surface area contributed by atoms with Gasteiger partial charge in [0.1, 0.15) is 0 Å². The molecule has 150 valence electrons. The SMILES string of the molecule is C[C@@H]1[C@@H](C)CCC[C@H]1NC(=S)NNC(=O)CCc1nc(-c2ccccc2)no1.